The van der Waals surface area contributed by atoms with E-state index >= 15 is 0 Å². The average Bonchev–Trinajstić information content (AvgIpc) is 2.55. The minimum Gasteiger partial charge on any atom is -0.481 e. The predicted molar refractivity (Wildman–Crippen MR) is 64.3 cm³/mol. The first-order valence-corrected chi connectivity index (χ1v) is 5.44. The Balaban J connectivity index is 2.62. The molecule has 1 heterocycles. The van der Waals surface area contributed by atoms with Crippen molar-refractivity contribution >= 4 is 16.9 Å². The first-order chi connectivity index (χ1) is 7.99. The van der Waals surface area contributed by atoms with Crippen molar-refractivity contribution in [1.29, 1.82) is 0 Å². The molecule has 0 saturated carbocycles. The molecule has 0 amide bonds. The third kappa shape index (κ3) is 2.08. The summed E-state index contributed by atoms with van der Waals surface area (Å²) < 4.78 is 1.75. The molecule has 0 radical (unpaired) electrons. The lowest BCUT2D eigenvalue weighted by Gasteiger charge is -2.08. The topological polar surface area (TPSA) is 75.1 Å². The van der Waals surface area contributed by atoms with Crippen molar-refractivity contribution in [2.45, 2.75) is 26.3 Å². The Hall–Kier alpha value is -2.04. The van der Waals surface area contributed by atoms with E-state index in [0.717, 1.165) is 5.52 Å². The van der Waals surface area contributed by atoms with E-state index in [4.69, 9.17) is 5.11 Å². The smallest absolute Gasteiger partial charge is 0.307 e. The molecule has 2 rings (SSSR count). The van der Waals surface area contributed by atoms with Crippen molar-refractivity contribution in [2.75, 3.05) is 0 Å². The van der Waals surface area contributed by atoms with Gasteiger partial charge in [0.15, 0.2) is 0 Å². The van der Waals surface area contributed by atoms with Crippen LogP contribution in [0.1, 0.15) is 25.5 Å². The van der Waals surface area contributed by atoms with Crippen molar-refractivity contribution in [3.63, 3.8) is 0 Å². The fraction of sp³-hybridized carbons (Fsp3) is 0.333. The highest BCUT2D eigenvalue weighted by molar-refractivity contribution is 5.81. The molecule has 5 heteroatoms. The van der Waals surface area contributed by atoms with Gasteiger partial charge < -0.3 is 5.11 Å². The van der Waals surface area contributed by atoms with Gasteiger partial charge in [0.2, 0.25) is 0 Å². The number of rotatable bonds is 3. The first-order valence-electron chi connectivity index (χ1n) is 5.44. The van der Waals surface area contributed by atoms with E-state index < -0.39 is 5.97 Å². The van der Waals surface area contributed by atoms with Crippen molar-refractivity contribution in [3.05, 3.63) is 34.1 Å². The largest absolute Gasteiger partial charge is 0.481 e. The molecule has 0 spiro atoms. The van der Waals surface area contributed by atoms with Gasteiger partial charge in [-0.1, -0.05) is 6.07 Å². The SMILES string of the molecule is CC(C)n1[nH]c(=O)c2ccc(CC(=O)O)cc21. The normalized spacial score (nSPS) is 11.2. The summed E-state index contributed by atoms with van der Waals surface area (Å²) in [5.74, 6) is -0.877. The minimum absolute atomic E-state index is 0.0343. The summed E-state index contributed by atoms with van der Waals surface area (Å²) in [7, 11) is 0. The Morgan fingerprint density at radius 1 is 1.47 bits per heavy atom. The van der Waals surface area contributed by atoms with Crippen LogP contribution < -0.4 is 5.56 Å². The summed E-state index contributed by atoms with van der Waals surface area (Å²) in [6.07, 6.45) is -0.0343. The second-order valence-corrected chi connectivity index (χ2v) is 4.33. The van der Waals surface area contributed by atoms with Crippen molar-refractivity contribution < 1.29 is 9.90 Å². The van der Waals surface area contributed by atoms with E-state index in [1.54, 1.807) is 22.9 Å². The third-order valence-corrected chi connectivity index (χ3v) is 2.66. The van der Waals surface area contributed by atoms with Crippen molar-refractivity contribution in [3.8, 4) is 0 Å². The monoisotopic (exact) mass is 234 g/mol. The van der Waals surface area contributed by atoms with Crippen LogP contribution in [0.4, 0.5) is 0 Å². The molecule has 0 saturated heterocycles. The van der Waals surface area contributed by atoms with E-state index in [1.165, 1.54) is 0 Å². The average molecular weight is 234 g/mol. The molecule has 5 nitrogen and oxygen atoms in total. The number of carbonyl (C=O) groups is 1. The summed E-state index contributed by atoms with van der Waals surface area (Å²) in [5, 5.41) is 12.1. The molecule has 2 aromatic rings. The van der Waals surface area contributed by atoms with Gasteiger partial charge in [-0.25, -0.2) is 0 Å². The Bertz CT molecular complexity index is 622. The third-order valence-electron chi connectivity index (χ3n) is 2.66. The van der Waals surface area contributed by atoms with Crippen LogP contribution in [-0.2, 0) is 11.2 Å². The van der Waals surface area contributed by atoms with E-state index in [2.05, 4.69) is 5.10 Å². The van der Waals surface area contributed by atoms with E-state index in [9.17, 15) is 9.59 Å². The number of hydrogen-bond acceptors (Lipinski definition) is 2. The van der Waals surface area contributed by atoms with Gasteiger partial charge in [0, 0.05) is 6.04 Å². The Labute approximate surface area is 97.7 Å². The molecule has 0 aliphatic heterocycles. The van der Waals surface area contributed by atoms with Gasteiger partial charge in [-0.05, 0) is 31.5 Å². The van der Waals surface area contributed by atoms with Gasteiger partial charge in [-0.2, -0.15) is 0 Å². The first kappa shape index (κ1) is 11.4. The van der Waals surface area contributed by atoms with E-state index in [-0.39, 0.29) is 18.0 Å². The molecular formula is C12H14N2O3. The van der Waals surface area contributed by atoms with Crippen molar-refractivity contribution in [2.24, 2.45) is 0 Å². The second kappa shape index (κ2) is 4.08. The quantitative estimate of drug-likeness (QED) is 0.845. The summed E-state index contributed by atoms with van der Waals surface area (Å²) in [6, 6.07) is 5.23. The van der Waals surface area contributed by atoms with Gasteiger partial charge in [-0.3, -0.25) is 19.4 Å². The van der Waals surface area contributed by atoms with Crippen LogP contribution in [0.15, 0.2) is 23.0 Å². The molecule has 90 valence electrons. The number of carboxylic acid groups (broad SMARTS) is 1. The predicted octanol–water partition coefficient (Wildman–Crippen LogP) is 1.54. The van der Waals surface area contributed by atoms with Crippen LogP contribution in [0.25, 0.3) is 10.9 Å². The zero-order valence-corrected chi connectivity index (χ0v) is 9.73. The number of nitrogens with one attached hydrogen (secondary N) is 1. The number of carboxylic acids is 1. The molecule has 1 aromatic carbocycles. The van der Waals surface area contributed by atoms with Crippen LogP contribution in [-0.4, -0.2) is 20.9 Å². The number of fused-ring (bicyclic) bond motifs is 1. The zero-order chi connectivity index (χ0) is 12.6. The Morgan fingerprint density at radius 2 is 2.18 bits per heavy atom. The lowest BCUT2D eigenvalue weighted by Crippen LogP contribution is -2.07. The highest BCUT2D eigenvalue weighted by Gasteiger charge is 2.10. The summed E-state index contributed by atoms with van der Waals surface area (Å²) in [5.41, 5.74) is 1.30. The minimum atomic E-state index is -0.877. The van der Waals surface area contributed by atoms with Crippen LogP contribution in [0.3, 0.4) is 0 Å². The number of nitrogens with zero attached hydrogens (tertiary/aromatic N) is 1. The van der Waals surface area contributed by atoms with Crippen LogP contribution in [0.5, 0.6) is 0 Å². The molecule has 0 bridgehead atoms. The maximum absolute atomic E-state index is 11.6. The van der Waals surface area contributed by atoms with Gasteiger partial charge in [0.25, 0.3) is 5.56 Å². The summed E-state index contributed by atoms with van der Waals surface area (Å²) in [4.78, 5) is 22.3. The number of benzene rings is 1. The number of hydrogen-bond donors (Lipinski definition) is 2. The van der Waals surface area contributed by atoms with Crippen LogP contribution in [0.2, 0.25) is 0 Å². The summed E-state index contributed by atoms with van der Waals surface area (Å²) >= 11 is 0. The maximum atomic E-state index is 11.6. The molecule has 0 unspecified atom stereocenters. The molecule has 2 N–H and O–H groups in total. The second-order valence-electron chi connectivity index (χ2n) is 4.33. The Kier molecular flexibility index (Phi) is 2.75. The highest BCUT2D eigenvalue weighted by Crippen LogP contribution is 2.16. The van der Waals surface area contributed by atoms with Crippen molar-refractivity contribution in [1.82, 2.24) is 9.78 Å². The maximum Gasteiger partial charge on any atom is 0.307 e. The van der Waals surface area contributed by atoms with Gasteiger partial charge in [-0.15, -0.1) is 0 Å². The number of H-pyrrole nitrogens is 1. The fourth-order valence-corrected chi connectivity index (χ4v) is 1.89. The molecule has 0 aliphatic carbocycles. The van der Waals surface area contributed by atoms with E-state index in [0.29, 0.717) is 10.9 Å². The highest BCUT2D eigenvalue weighted by atomic mass is 16.4. The van der Waals surface area contributed by atoms with E-state index in [1.807, 2.05) is 13.8 Å². The fourth-order valence-electron chi connectivity index (χ4n) is 1.89. The summed E-state index contributed by atoms with van der Waals surface area (Å²) in [6.45, 7) is 3.92. The standard InChI is InChI=1S/C12H14N2O3/c1-7(2)14-10-5-8(6-11(15)16)3-4-9(10)12(17)13-14/h3-5,7H,6H2,1-2H3,(H,13,17)(H,15,16). The van der Waals surface area contributed by atoms with Gasteiger partial charge in [0.1, 0.15) is 0 Å². The molecular weight excluding hydrogens is 220 g/mol. The lowest BCUT2D eigenvalue weighted by molar-refractivity contribution is -0.136. The molecule has 0 fully saturated rings. The van der Waals surface area contributed by atoms with Gasteiger partial charge >= 0.3 is 5.97 Å². The molecule has 17 heavy (non-hydrogen) atoms. The van der Waals surface area contributed by atoms with Crippen LogP contribution in [0, 0.1) is 0 Å². The number of aromatic nitrogens is 2. The zero-order valence-electron chi connectivity index (χ0n) is 9.73. The van der Waals surface area contributed by atoms with Gasteiger partial charge in [0.05, 0.1) is 17.3 Å². The molecule has 1 aromatic heterocycles. The Morgan fingerprint density at radius 3 is 2.76 bits per heavy atom. The lowest BCUT2D eigenvalue weighted by atomic mass is 10.1. The molecule has 0 atom stereocenters. The molecule has 0 aliphatic rings. The van der Waals surface area contributed by atoms with Crippen LogP contribution >= 0.6 is 0 Å². The number of aliphatic carboxylic acids is 1. The number of aromatic amines is 1.